The Hall–Kier alpha value is -1.91. The molecule has 98 valence electrons. The first-order valence-corrected chi connectivity index (χ1v) is 5.60. The molecule has 0 unspecified atom stereocenters. The zero-order valence-corrected chi connectivity index (χ0v) is 10.4. The molecular weight excluding hydrogens is 237 g/mol. The number of nitrogens with one attached hydrogen (secondary N) is 1. The van der Waals surface area contributed by atoms with E-state index >= 15 is 0 Å². The molecule has 0 aromatic heterocycles. The number of hydrogen-bond acceptors (Lipinski definition) is 2. The minimum Gasteiger partial charge on any atom is -0.481 e. The van der Waals surface area contributed by atoms with Gasteiger partial charge in [0, 0.05) is 12.1 Å². The number of halogens is 1. The molecule has 0 heterocycles. The Bertz CT molecular complexity index is 457. The molecule has 1 aromatic rings. The Morgan fingerprint density at radius 3 is 2.61 bits per heavy atom. The summed E-state index contributed by atoms with van der Waals surface area (Å²) in [5, 5.41) is 11.5. The molecule has 0 spiro atoms. The van der Waals surface area contributed by atoms with E-state index in [9.17, 15) is 14.0 Å². The average Bonchev–Trinajstić information content (AvgIpc) is 2.28. The third-order valence-corrected chi connectivity index (χ3v) is 2.70. The number of carboxylic acids is 1. The fourth-order valence-electron chi connectivity index (χ4n) is 1.33. The van der Waals surface area contributed by atoms with Crippen LogP contribution in [0.2, 0.25) is 0 Å². The first kappa shape index (κ1) is 14.2. The molecule has 2 N–H and O–H groups in total. The highest BCUT2D eigenvalue weighted by Gasteiger charge is 2.26. The van der Waals surface area contributed by atoms with Crippen molar-refractivity contribution in [2.75, 3.05) is 6.54 Å². The smallest absolute Gasteiger partial charge is 0.309 e. The minimum absolute atomic E-state index is 0.225. The Morgan fingerprint density at radius 1 is 1.39 bits per heavy atom. The number of carbonyl (C=O) groups excluding carboxylic acids is 1. The van der Waals surface area contributed by atoms with Crippen molar-refractivity contribution in [2.45, 2.75) is 20.3 Å². The molecule has 0 aliphatic carbocycles. The van der Waals surface area contributed by atoms with Crippen molar-refractivity contribution < 1.29 is 19.1 Å². The van der Waals surface area contributed by atoms with E-state index in [0.717, 1.165) is 6.07 Å². The average molecular weight is 253 g/mol. The van der Waals surface area contributed by atoms with Crippen molar-refractivity contribution in [3.8, 4) is 0 Å². The molecule has 5 heteroatoms. The van der Waals surface area contributed by atoms with Gasteiger partial charge in [-0.05, 0) is 38.5 Å². The quantitative estimate of drug-likeness (QED) is 0.844. The molecule has 1 amide bonds. The van der Waals surface area contributed by atoms with Crippen molar-refractivity contribution in [1.82, 2.24) is 5.32 Å². The molecule has 0 saturated carbocycles. The van der Waals surface area contributed by atoms with Crippen LogP contribution in [-0.2, 0) is 4.79 Å². The van der Waals surface area contributed by atoms with Crippen molar-refractivity contribution in [3.05, 3.63) is 35.6 Å². The first-order chi connectivity index (χ1) is 8.33. The number of amides is 1. The van der Waals surface area contributed by atoms with Gasteiger partial charge >= 0.3 is 5.97 Å². The Labute approximate surface area is 105 Å². The van der Waals surface area contributed by atoms with Gasteiger partial charge in [0.1, 0.15) is 5.82 Å². The third kappa shape index (κ3) is 3.84. The molecule has 18 heavy (non-hydrogen) atoms. The molecule has 0 atom stereocenters. The fourth-order valence-corrected chi connectivity index (χ4v) is 1.33. The van der Waals surface area contributed by atoms with Crippen LogP contribution in [-0.4, -0.2) is 23.5 Å². The van der Waals surface area contributed by atoms with Gasteiger partial charge in [-0.25, -0.2) is 4.39 Å². The predicted molar refractivity (Wildman–Crippen MR) is 64.8 cm³/mol. The van der Waals surface area contributed by atoms with Crippen LogP contribution in [0.25, 0.3) is 0 Å². The van der Waals surface area contributed by atoms with E-state index in [1.54, 1.807) is 13.8 Å². The third-order valence-electron chi connectivity index (χ3n) is 2.70. The lowest BCUT2D eigenvalue weighted by atomic mass is 9.90. The van der Waals surface area contributed by atoms with E-state index in [4.69, 9.17) is 5.11 Å². The second kappa shape index (κ2) is 5.62. The topological polar surface area (TPSA) is 66.4 Å². The largest absolute Gasteiger partial charge is 0.481 e. The lowest BCUT2D eigenvalue weighted by Gasteiger charge is -2.18. The molecule has 4 nitrogen and oxygen atoms in total. The van der Waals surface area contributed by atoms with Gasteiger partial charge in [-0.15, -0.1) is 0 Å². The predicted octanol–water partition coefficient (Wildman–Crippen LogP) is 2.06. The normalized spacial score (nSPS) is 11.1. The summed E-state index contributed by atoms with van der Waals surface area (Å²) in [6, 6.07) is 5.34. The Balaban J connectivity index is 2.50. The summed E-state index contributed by atoms with van der Waals surface area (Å²) in [5.74, 6) is -1.80. The Kier molecular flexibility index (Phi) is 4.42. The zero-order chi connectivity index (χ0) is 13.8. The number of hydrogen-bond donors (Lipinski definition) is 2. The first-order valence-electron chi connectivity index (χ1n) is 5.60. The summed E-state index contributed by atoms with van der Waals surface area (Å²) in [4.78, 5) is 22.5. The van der Waals surface area contributed by atoms with Crippen LogP contribution in [0.5, 0.6) is 0 Å². The molecule has 1 aromatic carbocycles. The molecule has 0 fully saturated rings. The van der Waals surface area contributed by atoms with Crippen LogP contribution in [0.1, 0.15) is 30.6 Å². The van der Waals surface area contributed by atoms with Crippen LogP contribution in [0.3, 0.4) is 0 Å². The molecular formula is C13H16FNO3. The number of aliphatic carboxylic acids is 1. The van der Waals surface area contributed by atoms with E-state index in [0.29, 0.717) is 6.42 Å². The van der Waals surface area contributed by atoms with Crippen molar-refractivity contribution >= 4 is 11.9 Å². The van der Waals surface area contributed by atoms with Crippen LogP contribution in [0.15, 0.2) is 24.3 Å². The van der Waals surface area contributed by atoms with E-state index in [1.165, 1.54) is 18.2 Å². The van der Waals surface area contributed by atoms with Gasteiger partial charge in [0.25, 0.3) is 5.91 Å². The monoisotopic (exact) mass is 253 g/mol. The van der Waals surface area contributed by atoms with Gasteiger partial charge < -0.3 is 10.4 Å². The fraction of sp³-hybridized carbons (Fsp3) is 0.385. The van der Waals surface area contributed by atoms with E-state index in [1.807, 2.05) is 0 Å². The van der Waals surface area contributed by atoms with Crippen LogP contribution >= 0.6 is 0 Å². The second-order valence-electron chi connectivity index (χ2n) is 4.71. The van der Waals surface area contributed by atoms with Gasteiger partial charge in [-0.1, -0.05) is 6.07 Å². The Morgan fingerprint density at radius 2 is 2.06 bits per heavy atom. The van der Waals surface area contributed by atoms with E-state index in [2.05, 4.69) is 5.32 Å². The molecule has 0 aliphatic heterocycles. The summed E-state index contributed by atoms with van der Waals surface area (Å²) in [7, 11) is 0. The van der Waals surface area contributed by atoms with Crippen LogP contribution < -0.4 is 5.32 Å². The lowest BCUT2D eigenvalue weighted by Crippen LogP contribution is -2.31. The number of benzene rings is 1. The SMILES string of the molecule is CC(C)(CCNC(=O)c1cccc(F)c1)C(=O)O. The number of rotatable bonds is 5. The van der Waals surface area contributed by atoms with Crippen molar-refractivity contribution in [3.63, 3.8) is 0 Å². The molecule has 0 saturated heterocycles. The van der Waals surface area contributed by atoms with Gasteiger partial charge in [-0.2, -0.15) is 0 Å². The lowest BCUT2D eigenvalue weighted by molar-refractivity contribution is -0.147. The molecule has 0 radical (unpaired) electrons. The maximum absolute atomic E-state index is 12.9. The molecule has 0 bridgehead atoms. The zero-order valence-electron chi connectivity index (χ0n) is 10.4. The molecule has 0 aliphatic rings. The van der Waals surface area contributed by atoms with Gasteiger partial charge in [-0.3, -0.25) is 9.59 Å². The maximum atomic E-state index is 12.9. The van der Waals surface area contributed by atoms with Crippen LogP contribution in [0.4, 0.5) is 4.39 Å². The highest BCUT2D eigenvalue weighted by Crippen LogP contribution is 2.19. The summed E-state index contributed by atoms with van der Waals surface area (Å²) in [6.45, 7) is 3.40. The number of carbonyl (C=O) groups is 2. The standard InChI is InChI=1S/C13H16FNO3/c1-13(2,12(17)18)6-7-15-11(16)9-4-3-5-10(14)8-9/h3-5,8H,6-7H2,1-2H3,(H,15,16)(H,17,18). The van der Waals surface area contributed by atoms with E-state index in [-0.39, 0.29) is 12.1 Å². The highest BCUT2D eigenvalue weighted by molar-refractivity contribution is 5.94. The van der Waals surface area contributed by atoms with Crippen molar-refractivity contribution in [2.24, 2.45) is 5.41 Å². The summed E-state index contributed by atoms with van der Waals surface area (Å²) in [5.41, 5.74) is -0.669. The van der Waals surface area contributed by atoms with Gasteiger partial charge in [0.2, 0.25) is 0 Å². The van der Waals surface area contributed by atoms with Crippen LogP contribution in [0, 0.1) is 11.2 Å². The summed E-state index contributed by atoms with van der Waals surface area (Å²) >= 11 is 0. The summed E-state index contributed by atoms with van der Waals surface area (Å²) in [6.07, 6.45) is 0.309. The highest BCUT2D eigenvalue weighted by atomic mass is 19.1. The second-order valence-corrected chi connectivity index (χ2v) is 4.71. The minimum atomic E-state index is -0.914. The van der Waals surface area contributed by atoms with Gasteiger partial charge in [0.05, 0.1) is 5.41 Å². The summed E-state index contributed by atoms with van der Waals surface area (Å²) < 4.78 is 12.9. The maximum Gasteiger partial charge on any atom is 0.309 e. The van der Waals surface area contributed by atoms with Crippen molar-refractivity contribution in [1.29, 1.82) is 0 Å². The molecule has 1 rings (SSSR count). The number of carboxylic acid groups (broad SMARTS) is 1. The van der Waals surface area contributed by atoms with E-state index < -0.39 is 23.1 Å². The van der Waals surface area contributed by atoms with Gasteiger partial charge in [0.15, 0.2) is 0 Å².